The zero-order valence-corrected chi connectivity index (χ0v) is 17.4. The number of anilines is 1. The third kappa shape index (κ3) is 4.72. The third-order valence-corrected chi connectivity index (χ3v) is 5.28. The Morgan fingerprint density at radius 2 is 1.90 bits per heavy atom. The minimum Gasteiger partial charge on any atom is -0.497 e. The van der Waals surface area contributed by atoms with Gasteiger partial charge in [-0.25, -0.2) is 4.39 Å². The largest absolute Gasteiger partial charge is 0.497 e. The van der Waals surface area contributed by atoms with Crippen LogP contribution in [0.2, 0.25) is 0 Å². The summed E-state index contributed by atoms with van der Waals surface area (Å²) < 4.78 is 25.1. The first-order chi connectivity index (χ1) is 15.0. The van der Waals surface area contributed by atoms with E-state index in [1.807, 2.05) is 0 Å². The maximum Gasteiger partial charge on any atom is 0.296 e. The predicted molar refractivity (Wildman–Crippen MR) is 112 cm³/mol. The van der Waals surface area contributed by atoms with E-state index in [-0.39, 0.29) is 23.4 Å². The molecule has 11 heteroatoms. The number of rotatable bonds is 7. The van der Waals surface area contributed by atoms with Crippen molar-refractivity contribution in [1.82, 2.24) is 24.9 Å². The van der Waals surface area contributed by atoms with Crippen molar-refractivity contribution in [3.63, 3.8) is 0 Å². The van der Waals surface area contributed by atoms with Crippen molar-refractivity contribution in [3.05, 3.63) is 54.3 Å². The molecule has 9 nitrogen and oxygen atoms in total. The van der Waals surface area contributed by atoms with Crippen LogP contribution in [0, 0.1) is 5.82 Å². The van der Waals surface area contributed by atoms with Crippen molar-refractivity contribution in [2.24, 2.45) is 7.05 Å². The van der Waals surface area contributed by atoms with Gasteiger partial charge in [0.2, 0.25) is 17.6 Å². The summed E-state index contributed by atoms with van der Waals surface area (Å²) in [6.07, 6.45) is 0. The molecule has 0 spiro atoms. The minimum atomic E-state index is -0.349. The van der Waals surface area contributed by atoms with Crippen LogP contribution in [-0.4, -0.2) is 43.7 Å². The van der Waals surface area contributed by atoms with Gasteiger partial charge in [-0.05, 0) is 48.5 Å². The van der Waals surface area contributed by atoms with Crippen molar-refractivity contribution >= 4 is 23.4 Å². The Kier molecular flexibility index (Phi) is 5.94. The molecule has 4 aromatic rings. The van der Waals surface area contributed by atoms with E-state index in [4.69, 9.17) is 9.26 Å². The number of benzene rings is 2. The molecule has 0 aliphatic rings. The molecule has 1 N–H and O–H groups in total. The molecule has 0 fully saturated rings. The van der Waals surface area contributed by atoms with Crippen LogP contribution in [0.5, 0.6) is 5.75 Å². The van der Waals surface area contributed by atoms with Crippen molar-refractivity contribution < 1.29 is 18.4 Å². The van der Waals surface area contributed by atoms with Crippen LogP contribution in [0.15, 0.2) is 58.2 Å². The Bertz CT molecular complexity index is 1190. The van der Waals surface area contributed by atoms with Gasteiger partial charge in [0, 0.05) is 18.3 Å². The van der Waals surface area contributed by atoms with Crippen molar-refractivity contribution in [2.45, 2.75) is 5.16 Å². The molecule has 31 heavy (non-hydrogen) atoms. The van der Waals surface area contributed by atoms with Crippen LogP contribution < -0.4 is 10.1 Å². The number of amides is 1. The second-order valence-electron chi connectivity index (χ2n) is 6.36. The number of halogens is 1. The van der Waals surface area contributed by atoms with Gasteiger partial charge in [-0.1, -0.05) is 16.9 Å². The van der Waals surface area contributed by atoms with E-state index in [0.717, 1.165) is 0 Å². The molecule has 1 amide bonds. The van der Waals surface area contributed by atoms with Gasteiger partial charge in [0.05, 0.1) is 12.9 Å². The quantitative estimate of drug-likeness (QED) is 0.436. The van der Waals surface area contributed by atoms with Gasteiger partial charge < -0.3 is 19.1 Å². The number of thioether (sulfide) groups is 1. The summed E-state index contributed by atoms with van der Waals surface area (Å²) in [4.78, 5) is 16.5. The predicted octanol–water partition coefficient (Wildman–Crippen LogP) is 3.41. The fourth-order valence-electron chi connectivity index (χ4n) is 2.66. The number of hydrogen-bond donors (Lipinski definition) is 1. The second kappa shape index (κ2) is 8.96. The van der Waals surface area contributed by atoms with Crippen LogP contribution in [0.25, 0.3) is 23.1 Å². The molecule has 0 aliphatic carbocycles. The number of nitrogens with zero attached hydrogens (tertiary/aromatic N) is 5. The lowest BCUT2D eigenvalue weighted by atomic mass is 10.2. The van der Waals surface area contributed by atoms with E-state index in [2.05, 4.69) is 25.7 Å². The average molecular weight is 440 g/mol. The Labute approximate surface area is 180 Å². The third-order valence-electron chi connectivity index (χ3n) is 4.26. The van der Waals surface area contributed by atoms with E-state index in [1.54, 1.807) is 55.1 Å². The van der Waals surface area contributed by atoms with Gasteiger partial charge >= 0.3 is 0 Å². The topological polar surface area (TPSA) is 108 Å². The molecule has 0 saturated carbocycles. The molecule has 2 heterocycles. The fourth-order valence-corrected chi connectivity index (χ4v) is 3.37. The molecule has 0 unspecified atom stereocenters. The summed E-state index contributed by atoms with van der Waals surface area (Å²) in [6, 6.07) is 12.8. The number of hydrogen-bond acceptors (Lipinski definition) is 8. The highest BCUT2D eigenvalue weighted by atomic mass is 32.2. The molecular weight excluding hydrogens is 423 g/mol. The number of aromatic nitrogens is 5. The highest BCUT2D eigenvalue weighted by molar-refractivity contribution is 7.99. The fraction of sp³-hybridized carbons (Fsp3) is 0.150. The van der Waals surface area contributed by atoms with Gasteiger partial charge in [0.15, 0.2) is 5.16 Å². The molecule has 2 aromatic carbocycles. The maximum absolute atomic E-state index is 13.1. The molecule has 0 aliphatic heterocycles. The van der Waals surface area contributed by atoms with Crippen LogP contribution in [0.3, 0.4) is 0 Å². The monoisotopic (exact) mass is 440 g/mol. The first-order valence-electron chi connectivity index (χ1n) is 9.09. The van der Waals surface area contributed by atoms with Crippen molar-refractivity contribution in [2.75, 3.05) is 18.2 Å². The zero-order chi connectivity index (χ0) is 21.8. The summed E-state index contributed by atoms with van der Waals surface area (Å²) in [7, 11) is 3.32. The minimum absolute atomic E-state index is 0.142. The lowest BCUT2D eigenvalue weighted by Crippen LogP contribution is -2.14. The summed E-state index contributed by atoms with van der Waals surface area (Å²) >= 11 is 1.22. The number of methoxy groups -OCH3 is 1. The maximum atomic E-state index is 13.1. The SMILES string of the molecule is COc1ccc(NC(=O)CSc2nnc(-c3nc(-c4ccc(F)cc4)no3)n2C)cc1. The number of nitrogens with one attached hydrogen (secondary N) is 1. The Hall–Kier alpha value is -3.73. The summed E-state index contributed by atoms with van der Waals surface area (Å²) in [5.41, 5.74) is 1.28. The lowest BCUT2D eigenvalue weighted by molar-refractivity contribution is -0.113. The van der Waals surface area contributed by atoms with Gasteiger partial charge in [-0.15, -0.1) is 10.2 Å². The molecule has 0 atom stereocenters. The molecule has 2 aromatic heterocycles. The zero-order valence-electron chi connectivity index (χ0n) is 16.6. The number of ether oxygens (including phenoxy) is 1. The number of carbonyl (C=O) groups is 1. The van der Waals surface area contributed by atoms with Crippen molar-refractivity contribution in [3.8, 4) is 28.9 Å². The normalized spacial score (nSPS) is 10.8. The smallest absolute Gasteiger partial charge is 0.296 e. The van der Waals surface area contributed by atoms with Crippen molar-refractivity contribution in [1.29, 1.82) is 0 Å². The number of carbonyl (C=O) groups excluding carboxylic acids is 1. The summed E-state index contributed by atoms with van der Waals surface area (Å²) in [5, 5.41) is 15.4. The summed E-state index contributed by atoms with van der Waals surface area (Å²) in [5.74, 6) is 1.16. The van der Waals surface area contributed by atoms with Gasteiger partial charge in [-0.2, -0.15) is 4.98 Å². The van der Waals surface area contributed by atoms with E-state index >= 15 is 0 Å². The standard InChI is InChI=1S/C20H17FN6O3S/c1-27-18(19-23-17(26-30-19)12-3-5-13(21)6-4-12)24-25-20(27)31-11-16(28)22-14-7-9-15(29-2)10-8-14/h3-10H,11H2,1-2H3,(H,22,28). The Morgan fingerprint density at radius 3 is 2.61 bits per heavy atom. The molecule has 4 rings (SSSR count). The first kappa shape index (κ1) is 20.5. The van der Waals surface area contributed by atoms with E-state index in [9.17, 15) is 9.18 Å². The van der Waals surface area contributed by atoms with Gasteiger partial charge in [0.1, 0.15) is 11.6 Å². The first-order valence-corrected chi connectivity index (χ1v) is 10.1. The van der Waals surface area contributed by atoms with E-state index in [1.165, 1.54) is 23.9 Å². The molecular formula is C20H17FN6O3S. The highest BCUT2D eigenvalue weighted by Crippen LogP contribution is 2.24. The van der Waals surface area contributed by atoms with E-state index in [0.29, 0.717) is 33.8 Å². The average Bonchev–Trinajstić information content (AvgIpc) is 3.40. The molecule has 158 valence electrons. The summed E-state index contributed by atoms with van der Waals surface area (Å²) in [6.45, 7) is 0. The molecule has 0 radical (unpaired) electrons. The second-order valence-corrected chi connectivity index (χ2v) is 7.30. The molecule has 0 saturated heterocycles. The Morgan fingerprint density at radius 1 is 1.16 bits per heavy atom. The van der Waals surface area contributed by atoms with Crippen LogP contribution in [0.4, 0.5) is 10.1 Å². The molecule has 0 bridgehead atoms. The van der Waals surface area contributed by atoms with Crippen LogP contribution in [0.1, 0.15) is 0 Å². The van der Waals surface area contributed by atoms with Gasteiger partial charge in [-0.3, -0.25) is 4.79 Å². The van der Waals surface area contributed by atoms with Gasteiger partial charge in [0.25, 0.3) is 5.89 Å². The van der Waals surface area contributed by atoms with E-state index < -0.39 is 0 Å². The highest BCUT2D eigenvalue weighted by Gasteiger charge is 2.19. The Balaban J connectivity index is 1.40. The van der Waals surface area contributed by atoms with Crippen LogP contribution >= 0.6 is 11.8 Å². The lowest BCUT2D eigenvalue weighted by Gasteiger charge is -2.06. The van der Waals surface area contributed by atoms with Crippen LogP contribution in [-0.2, 0) is 11.8 Å².